The van der Waals surface area contributed by atoms with Crippen molar-refractivity contribution in [2.24, 2.45) is 10.9 Å². The lowest BCUT2D eigenvalue weighted by Gasteiger charge is -2.06. The van der Waals surface area contributed by atoms with Gasteiger partial charge in [0, 0.05) is 4.90 Å². The zero-order chi connectivity index (χ0) is 13.1. The largest absolute Gasteiger partial charge is 0.312 e. The van der Waals surface area contributed by atoms with Gasteiger partial charge in [-0.1, -0.05) is 19.9 Å². The van der Waals surface area contributed by atoms with Crippen LogP contribution >= 0.6 is 11.8 Å². The molecule has 1 N–H and O–H groups in total. The van der Waals surface area contributed by atoms with Crippen LogP contribution in [0.25, 0.3) is 0 Å². The summed E-state index contributed by atoms with van der Waals surface area (Å²) < 4.78 is 13.0. The predicted molar refractivity (Wildman–Crippen MR) is 71.3 cm³/mol. The Balaban J connectivity index is 1.95. The number of nitrogens with one attached hydrogen (secondary N) is 1. The summed E-state index contributed by atoms with van der Waals surface area (Å²) in [6.45, 7) is 3.94. The third-order valence-corrected chi connectivity index (χ3v) is 3.64. The average molecular weight is 266 g/mol. The van der Waals surface area contributed by atoms with E-state index in [2.05, 4.69) is 10.3 Å². The summed E-state index contributed by atoms with van der Waals surface area (Å²) in [4.78, 5) is 16.8. The quantitative estimate of drug-likeness (QED) is 0.851. The van der Waals surface area contributed by atoms with E-state index in [-0.39, 0.29) is 23.7 Å². The molecular weight excluding hydrogens is 251 g/mol. The Bertz CT molecular complexity index is 488. The molecule has 1 aliphatic rings. The smallest absolute Gasteiger partial charge is 0.250 e. The van der Waals surface area contributed by atoms with E-state index >= 15 is 0 Å². The van der Waals surface area contributed by atoms with Crippen molar-refractivity contribution in [3.63, 3.8) is 0 Å². The number of carbonyl (C=O) groups excluding carboxylic acids is 1. The van der Waals surface area contributed by atoms with Crippen molar-refractivity contribution in [3.8, 4) is 0 Å². The third kappa shape index (κ3) is 3.10. The summed E-state index contributed by atoms with van der Waals surface area (Å²) in [5.41, 5.74) is 0. The van der Waals surface area contributed by atoms with Gasteiger partial charge in [0.2, 0.25) is 5.91 Å². The number of nitrogens with zero attached hydrogens (tertiary/aromatic N) is 1. The molecule has 0 aromatic heterocycles. The molecule has 1 aliphatic heterocycles. The van der Waals surface area contributed by atoms with Crippen LogP contribution in [0, 0.1) is 11.7 Å². The number of thioether (sulfide) groups is 1. The van der Waals surface area contributed by atoms with E-state index in [0.717, 1.165) is 4.90 Å². The number of halogens is 1. The van der Waals surface area contributed by atoms with Gasteiger partial charge >= 0.3 is 0 Å². The van der Waals surface area contributed by atoms with E-state index in [0.29, 0.717) is 11.6 Å². The zero-order valence-electron chi connectivity index (χ0n) is 10.3. The number of aliphatic imine (C=N–C) groups is 1. The second-order valence-corrected chi connectivity index (χ2v) is 5.55. The molecule has 3 nitrogen and oxygen atoms in total. The van der Waals surface area contributed by atoms with Crippen LogP contribution in [0.15, 0.2) is 34.2 Å². The molecule has 1 unspecified atom stereocenters. The first-order valence-electron chi connectivity index (χ1n) is 5.82. The Morgan fingerprint density at radius 1 is 1.50 bits per heavy atom. The highest BCUT2D eigenvalue weighted by Gasteiger charge is 2.28. The molecule has 18 heavy (non-hydrogen) atoms. The highest BCUT2D eigenvalue weighted by atomic mass is 32.2. The first kappa shape index (κ1) is 13.1. The van der Waals surface area contributed by atoms with Crippen molar-refractivity contribution < 1.29 is 9.18 Å². The van der Waals surface area contributed by atoms with Crippen molar-refractivity contribution in [3.05, 3.63) is 30.1 Å². The molecule has 2 rings (SSSR count). The molecule has 1 aromatic carbocycles. The van der Waals surface area contributed by atoms with Crippen molar-refractivity contribution in [2.45, 2.75) is 24.8 Å². The Morgan fingerprint density at radius 2 is 2.28 bits per heavy atom. The number of rotatable bonds is 4. The molecule has 0 bridgehead atoms. The second-order valence-electron chi connectivity index (χ2n) is 4.50. The number of amidine groups is 1. The van der Waals surface area contributed by atoms with Gasteiger partial charge in [0.15, 0.2) is 0 Å². The predicted octanol–water partition coefficient (Wildman–Crippen LogP) is 2.47. The van der Waals surface area contributed by atoms with E-state index in [9.17, 15) is 9.18 Å². The fraction of sp³-hybridized carbons (Fsp3) is 0.385. The maximum absolute atomic E-state index is 13.0. The van der Waals surface area contributed by atoms with Crippen LogP contribution in [-0.4, -0.2) is 23.5 Å². The Hall–Kier alpha value is -1.36. The third-order valence-electron chi connectivity index (χ3n) is 2.63. The van der Waals surface area contributed by atoms with Gasteiger partial charge in [0.05, 0.1) is 5.75 Å². The number of carbonyl (C=O) groups is 1. The lowest BCUT2D eigenvalue weighted by molar-refractivity contribution is -0.120. The molecule has 1 atom stereocenters. The minimum Gasteiger partial charge on any atom is -0.312 e. The lowest BCUT2D eigenvalue weighted by atomic mass is 10.1. The fourth-order valence-electron chi connectivity index (χ4n) is 1.71. The van der Waals surface area contributed by atoms with E-state index in [1.807, 2.05) is 19.9 Å². The van der Waals surface area contributed by atoms with Crippen LogP contribution in [0.2, 0.25) is 0 Å². The van der Waals surface area contributed by atoms with Gasteiger partial charge in [-0.2, -0.15) is 0 Å². The van der Waals surface area contributed by atoms with Gasteiger partial charge in [0.1, 0.15) is 17.7 Å². The fourth-order valence-corrected chi connectivity index (χ4v) is 2.53. The minimum atomic E-state index is -0.284. The van der Waals surface area contributed by atoms with Crippen molar-refractivity contribution in [2.75, 3.05) is 5.75 Å². The summed E-state index contributed by atoms with van der Waals surface area (Å²) in [5.74, 6) is 1.13. The molecule has 1 aromatic rings. The first-order valence-corrected chi connectivity index (χ1v) is 6.80. The second kappa shape index (κ2) is 5.52. The minimum absolute atomic E-state index is 0.0418. The highest BCUT2D eigenvalue weighted by molar-refractivity contribution is 8.00. The van der Waals surface area contributed by atoms with E-state index in [1.54, 1.807) is 6.07 Å². The van der Waals surface area contributed by atoms with Crippen LogP contribution in [0.5, 0.6) is 0 Å². The highest BCUT2D eigenvalue weighted by Crippen LogP contribution is 2.20. The summed E-state index contributed by atoms with van der Waals surface area (Å²) in [5, 5.41) is 2.77. The van der Waals surface area contributed by atoms with Crippen LogP contribution in [0.4, 0.5) is 4.39 Å². The lowest BCUT2D eigenvalue weighted by Crippen LogP contribution is -2.31. The molecule has 5 heteroatoms. The molecule has 96 valence electrons. The van der Waals surface area contributed by atoms with Crippen molar-refractivity contribution in [1.29, 1.82) is 0 Å². The van der Waals surface area contributed by atoms with Gasteiger partial charge in [-0.25, -0.2) is 4.39 Å². The van der Waals surface area contributed by atoms with Gasteiger partial charge < -0.3 is 5.32 Å². The number of benzene rings is 1. The molecular formula is C13H15FN2OS. The molecule has 1 heterocycles. The van der Waals surface area contributed by atoms with Crippen LogP contribution in [-0.2, 0) is 4.79 Å². The SMILES string of the molecule is CC(C)C1N=C(CSc2cccc(F)c2)NC1=O. The molecule has 1 amide bonds. The molecule has 0 radical (unpaired) electrons. The van der Waals surface area contributed by atoms with Gasteiger partial charge in [-0.15, -0.1) is 11.8 Å². The normalized spacial score (nSPS) is 19.0. The summed E-state index contributed by atoms with van der Waals surface area (Å²) in [6, 6.07) is 6.11. The summed E-state index contributed by atoms with van der Waals surface area (Å²) in [7, 11) is 0. The number of hydrogen-bond acceptors (Lipinski definition) is 3. The maximum atomic E-state index is 13.0. The zero-order valence-corrected chi connectivity index (χ0v) is 11.1. The Kier molecular flexibility index (Phi) is 4.01. The maximum Gasteiger partial charge on any atom is 0.250 e. The Labute approximate surface area is 110 Å². The number of amides is 1. The van der Waals surface area contributed by atoms with E-state index in [4.69, 9.17) is 0 Å². The van der Waals surface area contributed by atoms with E-state index in [1.165, 1.54) is 23.9 Å². The Morgan fingerprint density at radius 3 is 2.89 bits per heavy atom. The molecule has 0 spiro atoms. The first-order chi connectivity index (χ1) is 8.56. The molecule has 0 saturated carbocycles. The van der Waals surface area contributed by atoms with Gasteiger partial charge in [0.25, 0.3) is 0 Å². The van der Waals surface area contributed by atoms with E-state index < -0.39 is 0 Å². The molecule has 0 fully saturated rings. The van der Waals surface area contributed by atoms with Crippen LogP contribution in [0.1, 0.15) is 13.8 Å². The van der Waals surface area contributed by atoms with Crippen LogP contribution < -0.4 is 5.32 Å². The number of hydrogen-bond donors (Lipinski definition) is 1. The topological polar surface area (TPSA) is 41.5 Å². The average Bonchev–Trinajstić information content (AvgIpc) is 2.68. The molecule has 0 aliphatic carbocycles. The van der Waals surface area contributed by atoms with Crippen LogP contribution in [0.3, 0.4) is 0 Å². The van der Waals surface area contributed by atoms with Crippen molar-refractivity contribution >= 4 is 23.5 Å². The standard InChI is InChI=1S/C13H15FN2OS/c1-8(2)12-13(17)16-11(15-12)7-18-10-5-3-4-9(14)6-10/h3-6,8,12H,7H2,1-2H3,(H,15,16,17). The summed E-state index contributed by atoms with van der Waals surface area (Å²) in [6.07, 6.45) is 0. The van der Waals surface area contributed by atoms with Crippen molar-refractivity contribution in [1.82, 2.24) is 5.32 Å². The van der Waals surface area contributed by atoms with Gasteiger partial charge in [-0.05, 0) is 24.1 Å². The molecule has 0 saturated heterocycles. The monoisotopic (exact) mass is 266 g/mol. The van der Waals surface area contributed by atoms with Gasteiger partial charge in [-0.3, -0.25) is 9.79 Å². The summed E-state index contributed by atoms with van der Waals surface area (Å²) >= 11 is 1.46.